The number of hydrogen-bond acceptors (Lipinski definition) is 5. The van der Waals surface area contributed by atoms with Gasteiger partial charge in [0.05, 0.1) is 15.8 Å². The first kappa shape index (κ1) is 19.7. The Morgan fingerprint density at radius 3 is 2.59 bits per heavy atom. The van der Waals surface area contributed by atoms with Crippen LogP contribution in [0.25, 0.3) is 10.9 Å². The van der Waals surface area contributed by atoms with E-state index in [1.54, 1.807) is 53.1 Å². The number of carbonyl (C=O) groups is 2. The second-order valence-corrected chi connectivity index (χ2v) is 10.0. The minimum atomic E-state index is -3.74. The molecule has 1 atom stereocenters. The first-order valence-electron chi connectivity index (χ1n) is 9.22. The summed E-state index contributed by atoms with van der Waals surface area (Å²) in [7, 11) is -3.74. The largest absolute Gasteiger partial charge is 0.344 e. The molecule has 3 aromatic rings. The van der Waals surface area contributed by atoms with Crippen LogP contribution in [0, 0.1) is 6.92 Å². The lowest BCUT2D eigenvalue weighted by molar-refractivity contribution is -0.124. The fraction of sp³-hybridized carbons (Fsp3) is 0.238. The van der Waals surface area contributed by atoms with Crippen LogP contribution in [0.5, 0.6) is 0 Å². The van der Waals surface area contributed by atoms with E-state index in [9.17, 15) is 18.0 Å². The number of sulfone groups is 1. The number of nitrogens with zero attached hydrogens (tertiary/aromatic N) is 1. The fourth-order valence-corrected chi connectivity index (χ4v) is 5.83. The quantitative estimate of drug-likeness (QED) is 0.675. The number of carbonyl (C=O) groups excluding carboxylic acids is 2. The van der Waals surface area contributed by atoms with Crippen LogP contribution in [0.1, 0.15) is 12.0 Å². The summed E-state index contributed by atoms with van der Waals surface area (Å²) in [5, 5.41) is 3.28. The minimum Gasteiger partial charge on any atom is -0.344 e. The van der Waals surface area contributed by atoms with Crippen molar-refractivity contribution in [2.24, 2.45) is 0 Å². The smallest absolute Gasteiger partial charge is 0.240 e. The molecule has 0 saturated carbocycles. The summed E-state index contributed by atoms with van der Waals surface area (Å²) >= 11 is 1.22. The summed E-state index contributed by atoms with van der Waals surface area (Å²) in [4.78, 5) is 24.6. The lowest BCUT2D eigenvalue weighted by Gasteiger charge is -2.11. The molecule has 1 fully saturated rings. The Bertz CT molecular complexity index is 1200. The predicted molar refractivity (Wildman–Crippen MR) is 113 cm³/mol. The Morgan fingerprint density at radius 2 is 1.90 bits per heavy atom. The monoisotopic (exact) mass is 428 g/mol. The zero-order chi connectivity index (χ0) is 20.6. The number of hydrogen-bond donors (Lipinski definition) is 1. The number of nitrogens with one attached hydrogen (secondary N) is 1. The molecule has 6 nitrogen and oxygen atoms in total. The third-order valence-corrected chi connectivity index (χ3v) is 7.76. The maximum absolute atomic E-state index is 13.2. The lowest BCUT2D eigenvalue weighted by Crippen LogP contribution is -2.38. The second-order valence-electron chi connectivity index (χ2n) is 7.03. The Balaban J connectivity index is 1.69. The van der Waals surface area contributed by atoms with Gasteiger partial charge in [-0.1, -0.05) is 47.7 Å². The van der Waals surface area contributed by atoms with E-state index in [4.69, 9.17) is 0 Å². The van der Waals surface area contributed by atoms with Gasteiger partial charge in [0.2, 0.25) is 20.9 Å². The van der Waals surface area contributed by atoms with Crippen molar-refractivity contribution in [2.45, 2.75) is 35.7 Å². The van der Waals surface area contributed by atoms with Gasteiger partial charge in [-0.3, -0.25) is 9.59 Å². The van der Waals surface area contributed by atoms with E-state index in [2.05, 4.69) is 5.32 Å². The number of benzene rings is 2. The molecule has 0 bridgehead atoms. The zero-order valence-corrected chi connectivity index (χ0v) is 17.4. The number of aromatic nitrogens is 1. The summed E-state index contributed by atoms with van der Waals surface area (Å²) in [6.45, 7) is 1.84. The van der Waals surface area contributed by atoms with Gasteiger partial charge in [0, 0.05) is 22.9 Å². The van der Waals surface area contributed by atoms with Crippen LogP contribution < -0.4 is 5.32 Å². The number of amides is 1. The first-order valence-corrected chi connectivity index (χ1v) is 11.7. The van der Waals surface area contributed by atoms with Crippen LogP contribution in [-0.2, 0) is 26.0 Å². The number of rotatable bonds is 5. The van der Waals surface area contributed by atoms with Gasteiger partial charge >= 0.3 is 0 Å². The van der Waals surface area contributed by atoms with E-state index in [1.165, 1.54) is 18.0 Å². The van der Waals surface area contributed by atoms with Crippen LogP contribution in [0.4, 0.5) is 0 Å². The van der Waals surface area contributed by atoms with Crippen LogP contribution in [0.3, 0.4) is 0 Å². The predicted octanol–water partition coefficient (Wildman–Crippen LogP) is 2.93. The molecule has 150 valence electrons. The maximum Gasteiger partial charge on any atom is 0.240 e. The van der Waals surface area contributed by atoms with E-state index >= 15 is 0 Å². The Kier molecular flexibility index (Phi) is 5.23. The maximum atomic E-state index is 13.2. The van der Waals surface area contributed by atoms with Gasteiger partial charge in [-0.2, -0.15) is 0 Å². The van der Waals surface area contributed by atoms with Gasteiger partial charge in [-0.25, -0.2) is 8.42 Å². The van der Waals surface area contributed by atoms with E-state index < -0.39 is 15.9 Å². The molecule has 1 aliphatic heterocycles. The molecular weight excluding hydrogens is 408 g/mol. The molecule has 1 N–H and O–H groups in total. The normalized spacial score (nSPS) is 17.0. The molecule has 1 aromatic heterocycles. The molecule has 1 aliphatic rings. The molecule has 29 heavy (non-hydrogen) atoms. The molecule has 0 aliphatic carbocycles. The van der Waals surface area contributed by atoms with E-state index in [-0.39, 0.29) is 27.4 Å². The summed E-state index contributed by atoms with van der Waals surface area (Å²) in [6, 6.07) is 13.3. The number of aryl methyl sites for hydroxylation is 1. The van der Waals surface area contributed by atoms with E-state index in [0.29, 0.717) is 23.1 Å². The van der Waals surface area contributed by atoms with Crippen molar-refractivity contribution in [2.75, 3.05) is 5.75 Å². The molecule has 1 saturated heterocycles. The molecule has 1 amide bonds. The van der Waals surface area contributed by atoms with Crippen molar-refractivity contribution in [3.05, 3.63) is 60.3 Å². The average molecular weight is 429 g/mol. The number of fused-ring (bicyclic) bond motifs is 1. The molecule has 0 radical (unpaired) electrons. The topological polar surface area (TPSA) is 85.2 Å². The lowest BCUT2D eigenvalue weighted by atomic mass is 10.2. The number of thioether (sulfide) groups is 1. The van der Waals surface area contributed by atoms with Crippen LogP contribution in [-0.4, -0.2) is 35.8 Å². The van der Waals surface area contributed by atoms with Crippen molar-refractivity contribution in [1.82, 2.24) is 9.88 Å². The summed E-state index contributed by atoms with van der Waals surface area (Å²) in [6.07, 6.45) is 2.12. The van der Waals surface area contributed by atoms with Gasteiger partial charge in [0.1, 0.15) is 6.54 Å². The molecule has 1 unspecified atom stereocenters. The molecule has 2 aromatic carbocycles. The van der Waals surface area contributed by atoms with Crippen molar-refractivity contribution in [3.63, 3.8) is 0 Å². The third-order valence-electron chi connectivity index (χ3n) is 4.96. The van der Waals surface area contributed by atoms with Crippen molar-refractivity contribution < 1.29 is 18.0 Å². The highest BCUT2D eigenvalue weighted by atomic mass is 32.2. The zero-order valence-electron chi connectivity index (χ0n) is 15.8. The van der Waals surface area contributed by atoms with Gasteiger partial charge in [-0.15, -0.1) is 0 Å². The van der Waals surface area contributed by atoms with E-state index in [0.717, 1.165) is 5.56 Å². The SMILES string of the molecule is Cc1ccc(S(=O)(=O)c2cn(CC(=O)NC3CCSC3=O)c3ccccc23)cc1. The Morgan fingerprint density at radius 1 is 1.17 bits per heavy atom. The molecule has 4 rings (SSSR count). The molecular formula is C21H20N2O4S2. The Hall–Kier alpha value is -2.58. The third kappa shape index (κ3) is 3.82. The minimum absolute atomic E-state index is 0.0293. The van der Waals surface area contributed by atoms with Gasteiger partial charge in [0.25, 0.3) is 0 Å². The molecule has 2 heterocycles. The standard InChI is InChI=1S/C21H20N2O4S2/c1-14-6-8-15(9-7-14)29(26,27)19-12-23(18-5-3-2-4-16(18)19)13-20(24)22-17-10-11-28-21(17)25/h2-9,12,17H,10-11,13H2,1H3,(H,22,24). The Labute approximate surface area is 173 Å². The second kappa shape index (κ2) is 7.68. The molecule has 0 spiro atoms. The molecule has 8 heteroatoms. The summed E-state index contributed by atoms with van der Waals surface area (Å²) < 4.78 is 28.1. The highest BCUT2D eigenvalue weighted by Gasteiger charge is 2.28. The van der Waals surface area contributed by atoms with Crippen molar-refractivity contribution in [1.29, 1.82) is 0 Å². The van der Waals surface area contributed by atoms with E-state index in [1.807, 2.05) is 6.92 Å². The average Bonchev–Trinajstić information content (AvgIpc) is 3.26. The van der Waals surface area contributed by atoms with Gasteiger partial charge in [0.15, 0.2) is 0 Å². The van der Waals surface area contributed by atoms with Crippen LogP contribution in [0.15, 0.2) is 64.5 Å². The van der Waals surface area contributed by atoms with Crippen LogP contribution >= 0.6 is 11.8 Å². The summed E-state index contributed by atoms with van der Waals surface area (Å²) in [5.74, 6) is 0.390. The first-order chi connectivity index (χ1) is 13.9. The van der Waals surface area contributed by atoms with Gasteiger partial charge < -0.3 is 9.88 Å². The summed E-state index contributed by atoms with van der Waals surface area (Å²) in [5.41, 5.74) is 1.63. The highest BCUT2D eigenvalue weighted by molar-refractivity contribution is 8.14. The van der Waals surface area contributed by atoms with Crippen molar-refractivity contribution >= 4 is 43.5 Å². The highest BCUT2D eigenvalue weighted by Crippen LogP contribution is 2.30. The fourth-order valence-electron chi connectivity index (χ4n) is 3.42. The van der Waals surface area contributed by atoms with Crippen LogP contribution in [0.2, 0.25) is 0 Å². The van der Waals surface area contributed by atoms with Gasteiger partial charge in [-0.05, 0) is 31.5 Å². The number of para-hydroxylation sites is 1. The van der Waals surface area contributed by atoms with Crippen molar-refractivity contribution in [3.8, 4) is 0 Å².